The van der Waals surface area contributed by atoms with Crippen molar-refractivity contribution in [1.82, 2.24) is 14.5 Å². The van der Waals surface area contributed by atoms with Gasteiger partial charge in [-0.25, -0.2) is 0 Å². The Morgan fingerprint density at radius 3 is 2.92 bits per heavy atom. The van der Waals surface area contributed by atoms with E-state index in [1.807, 2.05) is 44.3 Å². The highest BCUT2D eigenvalue weighted by molar-refractivity contribution is 5.93. The molecule has 2 aliphatic rings. The summed E-state index contributed by atoms with van der Waals surface area (Å²) in [6.45, 7) is 5.87. The van der Waals surface area contributed by atoms with Gasteiger partial charge in [-0.15, -0.1) is 0 Å². The van der Waals surface area contributed by atoms with Gasteiger partial charge in [-0.1, -0.05) is 6.07 Å². The van der Waals surface area contributed by atoms with Gasteiger partial charge >= 0.3 is 0 Å². The van der Waals surface area contributed by atoms with Crippen LogP contribution in [-0.2, 0) is 13.1 Å². The number of aryl methyl sites for hydroxylation is 1. The molecular formula is C18H19N5O. The molecule has 0 unspecified atom stereocenters. The van der Waals surface area contributed by atoms with E-state index in [9.17, 15) is 4.79 Å². The van der Waals surface area contributed by atoms with E-state index in [1.165, 1.54) is 0 Å². The molecule has 0 N–H and O–H groups in total. The maximum atomic E-state index is 12.5. The molecule has 4 rings (SSSR count). The third kappa shape index (κ3) is 2.31. The summed E-state index contributed by atoms with van der Waals surface area (Å²) in [4.78, 5) is 25.7. The largest absolute Gasteiger partial charge is 0.352 e. The number of aromatic nitrogens is 2. The first-order valence-electron chi connectivity index (χ1n) is 8.09. The molecule has 2 aromatic heterocycles. The second kappa shape index (κ2) is 5.63. The first kappa shape index (κ1) is 14.7. The molecule has 0 spiro atoms. The van der Waals surface area contributed by atoms with Gasteiger partial charge in [0.05, 0.1) is 30.8 Å². The zero-order valence-corrected chi connectivity index (χ0v) is 13.8. The van der Waals surface area contributed by atoms with Crippen molar-refractivity contribution in [3.8, 4) is 0 Å². The quantitative estimate of drug-likeness (QED) is 0.871. The summed E-state index contributed by atoms with van der Waals surface area (Å²) < 4.78 is 1.80. The Hall–Kier alpha value is -2.89. The summed E-state index contributed by atoms with van der Waals surface area (Å²) in [5, 5.41) is 0. The van der Waals surface area contributed by atoms with Crippen molar-refractivity contribution >= 4 is 17.7 Å². The molecule has 0 aromatic carbocycles. The third-order valence-corrected chi connectivity index (χ3v) is 4.37. The lowest BCUT2D eigenvalue weighted by Gasteiger charge is -2.29. The second-order valence-electron chi connectivity index (χ2n) is 6.04. The molecule has 122 valence electrons. The molecule has 0 saturated heterocycles. The lowest BCUT2D eigenvalue weighted by Crippen LogP contribution is -2.34. The number of anilines is 1. The van der Waals surface area contributed by atoms with Crippen molar-refractivity contribution in [3.05, 3.63) is 64.0 Å². The van der Waals surface area contributed by atoms with E-state index in [0.717, 1.165) is 35.0 Å². The molecular weight excluding hydrogens is 302 g/mol. The number of aliphatic imine (C=N–C) groups is 1. The second-order valence-corrected chi connectivity index (χ2v) is 6.04. The first-order chi connectivity index (χ1) is 11.7. The molecule has 0 amide bonds. The van der Waals surface area contributed by atoms with Gasteiger partial charge in [-0.3, -0.25) is 19.3 Å². The fourth-order valence-electron chi connectivity index (χ4n) is 3.24. The molecule has 24 heavy (non-hydrogen) atoms. The van der Waals surface area contributed by atoms with Crippen LogP contribution >= 0.6 is 0 Å². The van der Waals surface area contributed by atoms with Crippen LogP contribution in [0.1, 0.15) is 18.2 Å². The van der Waals surface area contributed by atoms with Crippen molar-refractivity contribution in [1.29, 1.82) is 0 Å². The fourth-order valence-corrected chi connectivity index (χ4v) is 3.24. The molecule has 0 radical (unpaired) electrons. The average molecular weight is 321 g/mol. The smallest absolute Gasteiger partial charge is 0.255 e. The molecule has 0 fully saturated rings. The lowest BCUT2D eigenvalue weighted by atomic mass is 10.2. The van der Waals surface area contributed by atoms with Gasteiger partial charge in [0.1, 0.15) is 11.5 Å². The minimum atomic E-state index is 0.0517. The molecule has 6 nitrogen and oxygen atoms in total. The Morgan fingerprint density at radius 2 is 2.17 bits per heavy atom. The number of hydrogen-bond donors (Lipinski definition) is 0. The zero-order valence-electron chi connectivity index (χ0n) is 13.8. The van der Waals surface area contributed by atoms with Crippen LogP contribution in [-0.4, -0.2) is 27.3 Å². The Balaban J connectivity index is 1.70. The Labute approximate surface area is 140 Å². The van der Waals surface area contributed by atoms with Crippen molar-refractivity contribution in [2.45, 2.75) is 26.9 Å². The number of rotatable bonds is 3. The Bertz CT molecular complexity index is 898. The van der Waals surface area contributed by atoms with Crippen molar-refractivity contribution in [2.24, 2.45) is 4.99 Å². The predicted octanol–water partition coefficient (Wildman–Crippen LogP) is 2.41. The highest BCUT2D eigenvalue weighted by atomic mass is 16.1. The first-order valence-corrected chi connectivity index (χ1v) is 8.09. The van der Waals surface area contributed by atoms with Crippen LogP contribution in [0.3, 0.4) is 0 Å². The summed E-state index contributed by atoms with van der Waals surface area (Å²) in [5.74, 6) is 0.880. The van der Waals surface area contributed by atoms with Crippen LogP contribution in [0.4, 0.5) is 11.5 Å². The lowest BCUT2D eigenvalue weighted by molar-refractivity contribution is 0.393. The molecule has 0 aliphatic carbocycles. The number of hydrogen-bond acceptors (Lipinski definition) is 5. The van der Waals surface area contributed by atoms with E-state index in [4.69, 9.17) is 0 Å². The molecule has 0 bridgehead atoms. The number of allylic oxidation sites excluding steroid dienone is 1. The Kier molecular flexibility index (Phi) is 3.45. The SMILES string of the molecule is CCn1c2c(cc(C)c1=O)N=CC1=CN(Cc3ccccn3)CN12. The third-order valence-electron chi connectivity index (χ3n) is 4.37. The van der Waals surface area contributed by atoms with Crippen LogP contribution in [0.5, 0.6) is 0 Å². The van der Waals surface area contributed by atoms with Gasteiger partial charge in [0.2, 0.25) is 0 Å². The van der Waals surface area contributed by atoms with Crippen molar-refractivity contribution in [3.63, 3.8) is 0 Å². The van der Waals surface area contributed by atoms with Crippen LogP contribution in [0, 0.1) is 6.92 Å². The van der Waals surface area contributed by atoms with Gasteiger partial charge in [0, 0.05) is 24.5 Å². The van der Waals surface area contributed by atoms with Gasteiger partial charge in [0.15, 0.2) is 0 Å². The number of fused-ring (bicyclic) bond motifs is 3. The predicted molar refractivity (Wildman–Crippen MR) is 94.5 cm³/mol. The van der Waals surface area contributed by atoms with Crippen LogP contribution in [0.15, 0.2) is 52.1 Å². The van der Waals surface area contributed by atoms with E-state index in [1.54, 1.807) is 10.8 Å². The topological polar surface area (TPSA) is 53.7 Å². The standard InChI is InChI=1S/C18H19N5O/c1-3-22-17-16(8-13(2)18(22)24)20-9-15-11-21(12-23(15)17)10-14-6-4-5-7-19-14/h4-9,11H,3,10,12H2,1-2H3. The Morgan fingerprint density at radius 1 is 1.29 bits per heavy atom. The molecule has 0 atom stereocenters. The minimum absolute atomic E-state index is 0.0517. The molecule has 0 saturated carbocycles. The zero-order chi connectivity index (χ0) is 16.7. The summed E-state index contributed by atoms with van der Waals surface area (Å²) in [6.07, 6.45) is 5.75. The molecule has 6 heteroatoms. The number of nitrogens with zero attached hydrogens (tertiary/aromatic N) is 5. The minimum Gasteiger partial charge on any atom is -0.352 e. The highest BCUT2D eigenvalue weighted by Crippen LogP contribution is 2.36. The van der Waals surface area contributed by atoms with Crippen LogP contribution < -0.4 is 10.5 Å². The maximum Gasteiger partial charge on any atom is 0.255 e. The van der Waals surface area contributed by atoms with Gasteiger partial charge in [-0.05, 0) is 32.0 Å². The van der Waals surface area contributed by atoms with Crippen LogP contribution in [0.25, 0.3) is 0 Å². The van der Waals surface area contributed by atoms with E-state index >= 15 is 0 Å². The van der Waals surface area contributed by atoms with E-state index in [-0.39, 0.29) is 5.56 Å². The van der Waals surface area contributed by atoms with Gasteiger partial charge in [0.25, 0.3) is 5.56 Å². The van der Waals surface area contributed by atoms with E-state index in [2.05, 4.69) is 26.0 Å². The fraction of sp³-hybridized carbons (Fsp3) is 0.278. The van der Waals surface area contributed by atoms with Crippen molar-refractivity contribution in [2.75, 3.05) is 11.6 Å². The average Bonchev–Trinajstić information content (AvgIpc) is 2.99. The number of pyridine rings is 2. The monoisotopic (exact) mass is 321 g/mol. The summed E-state index contributed by atoms with van der Waals surface area (Å²) in [5.41, 5.74) is 3.65. The van der Waals surface area contributed by atoms with Crippen LogP contribution in [0.2, 0.25) is 0 Å². The summed E-state index contributed by atoms with van der Waals surface area (Å²) in [6, 6.07) is 7.80. The normalized spacial score (nSPS) is 15.3. The summed E-state index contributed by atoms with van der Waals surface area (Å²) >= 11 is 0. The van der Waals surface area contributed by atoms with E-state index < -0.39 is 0 Å². The van der Waals surface area contributed by atoms with Crippen molar-refractivity contribution < 1.29 is 0 Å². The summed E-state index contributed by atoms with van der Waals surface area (Å²) in [7, 11) is 0. The van der Waals surface area contributed by atoms with Gasteiger partial charge < -0.3 is 9.80 Å². The van der Waals surface area contributed by atoms with Gasteiger partial charge in [-0.2, -0.15) is 0 Å². The maximum absolute atomic E-state index is 12.5. The molecule has 4 heterocycles. The molecule has 2 aliphatic heterocycles. The van der Waals surface area contributed by atoms with E-state index in [0.29, 0.717) is 13.2 Å². The highest BCUT2D eigenvalue weighted by Gasteiger charge is 2.29. The molecule has 2 aromatic rings.